The van der Waals surface area contributed by atoms with Gasteiger partial charge in [-0.3, -0.25) is 4.21 Å². The van der Waals surface area contributed by atoms with Crippen LogP contribution < -0.4 is 4.74 Å². The van der Waals surface area contributed by atoms with Crippen molar-refractivity contribution < 1.29 is 8.95 Å². The Balaban J connectivity index is 2.24. The molecule has 1 aromatic carbocycles. The number of hydrogen-bond acceptors (Lipinski definition) is 3. The Morgan fingerprint density at radius 2 is 2.31 bits per heavy atom. The molecule has 1 heterocycles. The van der Waals surface area contributed by atoms with Gasteiger partial charge in [0.05, 0.1) is 12.4 Å². The zero-order chi connectivity index (χ0) is 11.5. The summed E-state index contributed by atoms with van der Waals surface area (Å²) in [6.07, 6.45) is 0. The third kappa shape index (κ3) is 2.44. The maximum atomic E-state index is 12.0. The zero-order valence-electron chi connectivity index (χ0n) is 9.68. The van der Waals surface area contributed by atoms with E-state index in [0.717, 1.165) is 30.2 Å². The van der Waals surface area contributed by atoms with E-state index in [0.29, 0.717) is 0 Å². The normalized spacial score (nSPS) is 26.6. The molecule has 0 bridgehead atoms. The first kappa shape index (κ1) is 11.6. The minimum atomic E-state index is -0.757. The number of likely N-dealkylation sites (N-methyl/N-ethyl adjacent to an activating group) is 1. The molecule has 3 nitrogen and oxygen atoms in total. The van der Waals surface area contributed by atoms with Gasteiger partial charge in [0.15, 0.2) is 0 Å². The molecule has 0 radical (unpaired) electrons. The molecule has 4 heteroatoms. The van der Waals surface area contributed by atoms with Gasteiger partial charge in [0.1, 0.15) is 5.75 Å². The predicted octanol–water partition coefficient (Wildman–Crippen LogP) is 1.43. The molecule has 1 saturated heterocycles. The molecule has 0 N–H and O–H groups in total. The Bertz CT molecular complexity index is 394. The van der Waals surface area contributed by atoms with Crippen LogP contribution in [0.3, 0.4) is 0 Å². The van der Waals surface area contributed by atoms with Crippen molar-refractivity contribution in [2.24, 2.45) is 0 Å². The molecule has 1 aromatic rings. The van der Waals surface area contributed by atoms with Gasteiger partial charge in [-0.25, -0.2) is 0 Å². The second-order valence-corrected chi connectivity index (χ2v) is 5.85. The molecular formula is C12H17NO2S. The minimum Gasteiger partial charge on any atom is -0.497 e. The largest absolute Gasteiger partial charge is 0.497 e. The molecule has 2 rings (SSSR count). The van der Waals surface area contributed by atoms with E-state index in [1.165, 1.54) is 0 Å². The lowest BCUT2D eigenvalue weighted by atomic mass is 10.1. The van der Waals surface area contributed by atoms with Crippen molar-refractivity contribution in [3.8, 4) is 5.75 Å². The molecule has 0 aliphatic carbocycles. The van der Waals surface area contributed by atoms with Crippen LogP contribution in [0, 0.1) is 0 Å². The number of ether oxygens (including phenoxy) is 1. The molecule has 0 spiro atoms. The van der Waals surface area contributed by atoms with Crippen LogP contribution in [0.4, 0.5) is 0 Å². The van der Waals surface area contributed by atoms with Crippen molar-refractivity contribution in [3.63, 3.8) is 0 Å². The number of methoxy groups -OCH3 is 1. The van der Waals surface area contributed by atoms with E-state index in [1.54, 1.807) is 7.11 Å². The summed E-state index contributed by atoms with van der Waals surface area (Å²) < 4.78 is 17.2. The molecular weight excluding hydrogens is 222 g/mol. The van der Waals surface area contributed by atoms with E-state index in [9.17, 15) is 4.21 Å². The second-order valence-electron chi connectivity index (χ2n) is 4.11. The highest BCUT2D eigenvalue weighted by Crippen LogP contribution is 2.26. The van der Waals surface area contributed by atoms with Gasteiger partial charge in [0.25, 0.3) is 0 Å². The first-order valence-electron chi connectivity index (χ1n) is 5.40. The third-order valence-electron chi connectivity index (χ3n) is 2.93. The molecule has 1 fully saturated rings. The lowest BCUT2D eigenvalue weighted by Crippen LogP contribution is -2.37. The molecule has 1 aliphatic heterocycles. The first-order chi connectivity index (χ1) is 7.70. The van der Waals surface area contributed by atoms with Crippen LogP contribution in [0.25, 0.3) is 0 Å². The first-order valence-corrected chi connectivity index (χ1v) is 6.78. The third-order valence-corrected chi connectivity index (χ3v) is 4.58. The second kappa shape index (κ2) is 4.97. The molecule has 16 heavy (non-hydrogen) atoms. The Hall–Kier alpha value is -0.870. The summed E-state index contributed by atoms with van der Waals surface area (Å²) in [7, 11) is 2.97. The Morgan fingerprint density at radius 1 is 1.50 bits per heavy atom. The van der Waals surface area contributed by atoms with E-state index in [4.69, 9.17) is 4.74 Å². The number of hydrogen-bond donors (Lipinski definition) is 0. The summed E-state index contributed by atoms with van der Waals surface area (Å²) in [5.74, 6) is 1.60. The highest BCUT2D eigenvalue weighted by Gasteiger charge is 2.25. The van der Waals surface area contributed by atoms with Crippen molar-refractivity contribution >= 4 is 10.8 Å². The molecule has 2 atom stereocenters. The van der Waals surface area contributed by atoms with E-state index >= 15 is 0 Å². The van der Waals surface area contributed by atoms with Gasteiger partial charge in [-0.15, -0.1) is 0 Å². The van der Waals surface area contributed by atoms with Crippen LogP contribution >= 0.6 is 0 Å². The number of rotatable bonds is 2. The van der Waals surface area contributed by atoms with E-state index < -0.39 is 10.8 Å². The fourth-order valence-corrected chi connectivity index (χ4v) is 3.59. The maximum absolute atomic E-state index is 12.0. The van der Waals surface area contributed by atoms with Crippen LogP contribution in [0.2, 0.25) is 0 Å². The van der Waals surface area contributed by atoms with Gasteiger partial charge in [-0.2, -0.15) is 0 Å². The van der Waals surface area contributed by atoms with Gasteiger partial charge < -0.3 is 9.64 Å². The van der Waals surface area contributed by atoms with Gasteiger partial charge >= 0.3 is 0 Å². The smallest absolute Gasteiger partial charge is 0.119 e. The van der Waals surface area contributed by atoms with Gasteiger partial charge in [0, 0.05) is 29.6 Å². The van der Waals surface area contributed by atoms with Crippen molar-refractivity contribution in [1.82, 2.24) is 4.90 Å². The Labute approximate surface area is 98.9 Å². The summed E-state index contributed by atoms with van der Waals surface area (Å²) in [6, 6.07) is 7.89. The van der Waals surface area contributed by atoms with Gasteiger partial charge in [0.2, 0.25) is 0 Å². The highest BCUT2D eigenvalue weighted by molar-refractivity contribution is 7.85. The monoisotopic (exact) mass is 239 g/mol. The summed E-state index contributed by atoms with van der Waals surface area (Å²) in [4.78, 5) is 2.23. The van der Waals surface area contributed by atoms with Crippen LogP contribution in [0.5, 0.6) is 5.75 Å². The van der Waals surface area contributed by atoms with Crippen molar-refractivity contribution in [3.05, 3.63) is 29.8 Å². The zero-order valence-corrected chi connectivity index (χ0v) is 10.5. The predicted molar refractivity (Wildman–Crippen MR) is 66.2 cm³/mol. The van der Waals surface area contributed by atoms with Crippen molar-refractivity contribution in [1.29, 1.82) is 0 Å². The molecule has 0 aromatic heterocycles. The average Bonchev–Trinajstić information content (AvgIpc) is 2.32. The number of benzene rings is 1. The SMILES string of the molecule is COc1cccc([C@H]2CN(C)CC[S@@]2=O)c1. The van der Waals surface area contributed by atoms with Crippen molar-refractivity contribution in [2.75, 3.05) is 33.0 Å². The number of nitrogens with zero attached hydrogens (tertiary/aromatic N) is 1. The standard InChI is InChI=1S/C12H17NO2S/c1-13-6-7-16(14)12(9-13)10-4-3-5-11(8-10)15-2/h3-5,8,12H,6-7,9H2,1-2H3/t12-,16+/m1/s1. The Kier molecular flexibility index (Phi) is 3.61. The van der Waals surface area contributed by atoms with Crippen LogP contribution in [0.15, 0.2) is 24.3 Å². The quantitative estimate of drug-likeness (QED) is 0.782. The van der Waals surface area contributed by atoms with E-state index in [1.807, 2.05) is 24.3 Å². The molecule has 0 amide bonds. The summed E-state index contributed by atoms with van der Waals surface area (Å²) in [5.41, 5.74) is 1.12. The summed E-state index contributed by atoms with van der Waals surface area (Å²) in [6.45, 7) is 1.78. The highest BCUT2D eigenvalue weighted by atomic mass is 32.2. The molecule has 0 unspecified atom stereocenters. The van der Waals surface area contributed by atoms with Crippen LogP contribution in [0.1, 0.15) is 10.8 Å². The maximum Gasteiger partial charge on any atom is 0.119 e. The van der Waals surface area contributed by atoms with E-state index in [-0.39, 0.29) is 5.25 Å². The molecule has 1 aliphatic rings. The van der Waals surface area contributed by atoms with Gasteiger partial charge in [-0.05, 0) is 24.7 Å². The lowest BCUT2D eigenvalue weighted by Gasteiger charge is -2.29. The van der Waals surface area contributed by atoms with Gasteiger partial charge in [-0.1, -0.05) is 12.1 Å². The summed E-state index contributed by atoms with van der Waals surface area (Å²) in [5, 5.41) is 0.119. The molecule has 88 valence electrons. The van der Waals surface area contributed by atoms with Crippen LogP contribution in [-0.4, -0.2) is 42.1 Å². The minimum absolute atomic E-state index is 0.119. The lowest BCUT2D eigenvalue weighted by molar-refractivity contribution is 0.341. The topological polar surface area (TPSA) is 29.5 Å². The fraction of sp³-hybridized carbons (Fsp3) is 0.500. The fourth-order valence-electron chi connectivity index (χ4n) is 1.94. The molecule has 0 saturated carbocycles. The van der Waals surface area contributed by atoms with Crippen LogP contribution in [-0.2, 0) is 10.8 Å². The average molecular weight is 239 g/mol. The van der Waals surface area contributed by atoms with E-state index in [2.05, 4.69) is 11.9 Å². The summed E-state index contributed by atoms with van der Waals surface area (Å²) >= 11 is 0. The van der Waals surface area contributed by atoms with Crippen molar-refractivity contribution in [2.45, 2.75) is 5.25 Å². The Morgan fingerprint density at radius 3 is 3.06 bits per heavy atom.